The van der Waals surface area contributed by atoms with Crippen molar-refractivity contribution in [1.29, 1.82) is 0 Å². The van der Waals surface area contributed by atoms with Gasteiger partial charge in [-0.3, -0.25) is 19.8 Å². The number of carbonyl (C=O) groups is 1. The van der Waals surface area contributed by atoms with E-state index in [2.05, 4.69) is 16.3 Å². The molecular formula is C19H21N3O4S. The van der Waals surface area contributed by atoms with Gasteiger partial charge in [-0.2, -0.15) is 0 Å². The first-order valence-corrected chi connectivity index (χ1v) is 9.57. The standard InChI is InChI=1S/C19H21N3O4S/c23-19(8-7-15-4-1-2-5-16(15)22(24)25)20-14-17(18-6-3-13-27-18)21-9-11-26-12-10-21/h1-8,13,17H,9-12,14H2,(H,20,23)/b8-7+/t17-/m1/s1. The highest BCUT2D eigenvalue weighted by Gasteiger charge is 2.23. The summed E-state index contributed by atoms with van der Waals surface area (Å²) in [5, 5.41) is 16.0. The number of hydrogen-bond acceptors (Lipinski definition) is 6. The molecule has 1 fully saturated rings. The van der Waals surface area contributed by atoms with Crippen LogP contribution in [-0.4, -0.2) is 48.6 Å². The summed E-state index contributed by atoms with van der Waals surface area (Å²) >= 11 is 1.66. The van der Waals surface area contributed by atoms with Crippen LogP contribution in [0.4, 0.5) is 5.69 Å². The maximum Gasteiger partial charge on any atom is 0.276 e. The molecule has 7 nitrogen and oxygen atoms in total. The molecule has 27 heavy (non-hydrogen) atoms. The molecule has 0 saturated carbocycles. The van der Waals surface area contributed by atoms with Gasteiger partial charge in [0.2, 0.25) is 5.91 Å². The van der Waals surface area contributed by atoms with E-state index in [1.165, 1.54) is 23.1 Å². The number of ether oxygens (including phenoxy) is 1. The predicted molar refractivity (Wildman–Crippen MR) is 105 cm³/mol. The molecule has 0 bridgehead atoms. The molecule has 0 unspecified atom stereocenters. The Hall–Kier alpha value is -2.55. The van der Waals surface area contributed by atoms with Crippen LogP contribution in [0.3, 0.4) is 0 Å². The maximum absolute atomic E-state index is 12.2. The fourth-order valence-electron chi connectivity index (χ4n) is 3.00. The lowest BCUT2D eigenvalue weighted by molar-refractivity contribution is -0.385. The first kappa shape index (κ1) is 19.2. The molecule has 3 rings (SSSR count). The third kappa shape index (κ3) is 5.22. The van der Waals surface area contributed by atoms with E-state index < -0.39 is 4.92 Å². The second-order valence-electron chi connectivity index (χ2n) is 6.07. The summed E-state index contributed by atoms with van der Waals surface area (Å²) in [6, 6.07) is 10.5. The fraction of sp³-hybridized carbons (Fsp3) is 0.316. The van der Waals surface area contributed by atoms with E-state index in [-0.39, 0.29) is 17.6 Å². The topological polar surface area (TPSA) is 84.7 Å². The van der Waals surface area contributed by atoms with Crippen LogP contribution in [0, 0.1) is 10.1 Å². The minimum atomic E-state index is -0.456. The SMILES string of the molecule is O=C(/C=C/c1ccccc1[N+](=O)[O-])NC[C@H](c1cccs1)N1CCOCC1. The lowest BCUT2D eigenvalue weighted by Gasteiger charge is -2.34. The fourth-order valence-corrected chi connectivity index (χ4v) is 3.86. The van der Waals surface area contributed by atoms with E-state index in [0.29, 0.717) is 25.3 Å². The molecule has 0 spiro atoms. The van der Waals surface area contributed by atoms with Gasteiger partial charge in [0.1, 0.15) is 0 Å². The van der Waals surface area contributed by atoms with E-state index in [1.54, 1.807) is 29.5 Å². The van der Waals surface area contributed by atoms with Crippen molar-refractivity contribution in [3.63, 3.8) is 0 Å². The van der Waals surface area contributed by atoms with E-state index in [9.17, 15) is 14.9 Å². The number of nitrogens with one attached hydrogen (secondary N) is 1. The summed E-state index contributed by atoms with van der Waals surface area (Å²) in [5.41, 5.74) is 0.381. The molecule has 1 amide bonds. The average Bonchev–Trinajstić information content (AvgIpc) is 3.22. The van der Waals surface area contributed by atoms with Crippen LogP contribution in [-0.2, 0) is 9.53 Å². The highest BCUT2D eigenvalue weighted by atomic mass is 32.1. The number of hydrogen-bond donors (Lipinski definition) is 1. The van der Waals surface area contributed by atoms with Gasteiger partial charge >= 0.3 is 0 Å². The molecule has 1 atom stereocenters. The van der Waals surface area contributed by atoms with Gasteiger partial charge < -0.3 is 10.1 Å². The van der Waals surface area contributed by atoms with E-state index in [0.717, 1.165) is 13.1 Å². The summed E-state index contributed by atoms with van der Waals surface area (Å²) in [4.78, 5) is 26.3. The van der Waals surface area contributed by atoms with Crippen LogP contribution in [0.25, 0.3) is 6.08 Å². The van der Waals surface area contributed by atoms with Gasteiger partial charge in [0.25, 0.3) is 5.69 Å². The van der Waals surface area contributed by atoms with Crippen molar-refractivity contribution in [2.24, 2.45) is 0 Å². The van der Waals surface area contributed by atoms with Crippen LogP contribution < -0.4 is 5.32 Å². The molecule has 1 aliphatic heterocycles. The third-order valence-electron chi connectivity index (χ3n) is 4.38. The van der Waals surface area contributed by atoms with Crippen molar-refractivity contribution in [3.05, 3.63) is 68.4 Å². The number of carbonyl (C=O) groups excluding carboxylic acids is 1. The number of nitro benzene ring substituents is 1. The Labute approximate surface area is 161 Å². The summed E-state index contributed by atoms with van der Waals surface area (Å²) < 4.78 is 5.42. The predicted octanol–water partition coefficient (Wildman–Crippen LogP) is 2.86. The van der Waals surface area contributed by atoms with Gasteiger partial charge in [0.15, 0.2) is 0 Å². The van der Waals surface area contributed by atoms with E-state index in [4.69, 9.17) is 4.74 Å². The number of morpholine rings is 1. The monoisotopic (exact) mass is 387 g/mol. The number of amides is 1. The molecule has 2 aromatic rings. The molecule has 142 valence electrons. The first-order chi connectivity index (χ1) is 13.1. The summed E-state index contributed by atoms with van der Waals surface area (Å²) in [5.74, 6) is -0.275. The van der Waals surface area contributed by atoms with Crippen LogP contribution in [0.1, 0.15) is 16.5 Å². The lowest BCUT2D eigenvalue weighted by atomic mass is 10.1. The van der Waals surface area contributed by atoms with Crippen molar-refractivity contribution in [3.8, 4) is 0 Å². The third-order valence-corrected chi connectivity index (χ3v) is 5.35. The van der Waals surface area contributed by atoms with Crippen LogP contribution >= 0.6 is 11.3 Å². The minimum Gasteiger partial charge on any atom is -0.379 e. The van der Waals surface area contributed by atoms with Crippen molar-refractivity contribution in [2.45, 2.75) is 6.04 Å². The number of thiophene rings is 1. The van der Waals surface area contributed by atoms with Crippen molar-refractivity contribution < 1.29 is 14.5 Å². The van der Waals surface area contributed by atoms with Crippen LogP contribution in [0.2, 0.25) is 0 Å². The molecular weight excluding hydrogens is 366 g/mol. The summed E-state index contributed by atoms with van der Waals surface area (Å²) in [7, 11) is 0. The Kier molecular flexibility index (Phi) is 6.69. The van der Waals surface area contributed by atoms with Crippen LogP contribution in [0.5, 0.6) is 0 Å². The van der Waals surface area contributed by atoms with Crippen LogP contribution in [0.15, 0.2) is 47.9 Å². The highest BCUT2D eigenvalue weighted by molar-refractivity contribution is 7.10. The van der Waals surface area contributed by atoms with E-state index in [1.807, 2.05) is 11.4 Å². The molecule has 0 radical (unpaired) electrons. The Balaban J connectivity index is 1.63. The molecule has 8 heteroatoms. The van der Waals surface area contributed by atoms with Gasteiger partial charge in [-0.1, -0.05) is 18.2 Å². The van der Waals surface area contributed by atoms with Crippen molar-refractivity contribution >= 4 is 29.0 Å². The molecule has 2 heterocycles. The van der Waals surface area contributed by atoms with Crippen molar-refractivity contribution in [1.82, 2.24) is 10.2 Å². The maximum atomic E-state index is 12.2. The minimum absolute atomic E-state index is 0.0219. The smallest absolute Gasteiger partial charge is 0.276 e. The zero-order valence-electron chi connectivity index (χ0n) is 14.7. The number of nitrogens with zero attached hydrogens (tertiary/aromatic N) is 2. The average molecular weight is 387 g/mol. The highest BCUT2D eigenvalue weighted by Crippen LogP contribution is 2.25. The van der Waals surface area contributed by atoms with Crippen molar-refractivity contribution in [2.75, 3.05) is 32.8 Å². The normalized spacial score (nSPS) is 16.3. The molecule has 1 aliphatic rings. The van der Waals surface area contributed by atoms with Gasteiger partial charge in [-0.05, 0) is 23.6 Å². The Morgan fingerprint density at radius 2 is 2.07 bits per heavy atom. The quantitative estimate of drug-likeness (QED) is 0.449. The number of rotatable bonds is 7. The number of benzene rings is 1. The molecule has 1 aromatic heterocycles. The van der Waals surface area contributed by atoms with Gasteiger partial charge in [-0.25, -0.2) is 0 Å². The molecule has 1 aromatic carbocycles. The number of nitro groups is 1. The second-order valence-corrected chi connectivity index (χ2v) is 7.05. The van der Waals surface area contributed by atoms with E-state index >= 15 is 0 Å². The largest absolute Gasteiger partial charge is 0.379 e. The summed E-state index contributed by atoms with van der Waals surface area (Å²) in [6.45, 7) is 3.50. The Bertz CT molecular complexity index is 801. The zero-order chi connectivity index (χ0) is 19.1. The Morgan fingerprint density at radius 1 is 1.30 bits per heavy atom. The Morgan fingerprint density at radius 3 is 2.78 bits per heavy atom. The molecule has 1 saturated heterocycles. The van der Waals surface area contributed by atoms with Gasteiger partial charge in [0.05, 0.1) is 29.7 Å². The second kappa shape index (κ2) is 9.40. The molecule has 0 aliphatic carbocycles. The summed E-state index contributed by atoms with van der Waals surface area (Å²) in [6.07, 6.45) is 2.81. The van der Waals surface area contributed by atoms with Gasteiger partial charge in [-0.15, -0.1) is 11.3 Å². The lowest BCUT2D eigenvalue weighted by Crippen LogP contribution is -2.43. The first-order valence-electron chi connectivity index (χ1n) is 8.69. The zero-order valence-corrected chi connectivity index (χ0v) is 15.6. The molecule has 1 N–H and O–H groups in total. The number of para-hydroxylation sites is 1. The van der Waals surface area contributed by atoms with Gasteiger partial charge in [0, 0.05) is 36.7 Å².